The summed E-state index contributed by atoms with van der Waals surface area (Å²) in [6, 6.07) is 0.233. The Morgan fingerprint density at radius 3 is 2.62 bits per heavy atom. The highest BCUT2D eigenvalue weighted by molar-refractivity contribution is 5.76. The first-order chi connectivity index (χ1) is 11.6. The van der Waals surface area contributed by atoms with Crippen molar-refractivity contribution >= 4 is 5.91 Å². The predicted octanol–water partition coefficient (Wildman–Crippen LogP) is -1.02. The van der Waals surface area contributed by atoms with Crippen LogP contribution in [0.1, 0.15) is 25.7 Å². The number of aryl methyl sites for hydroxylation is 1. The summed E-state index contributed by atoms with van der Waals surface area (Å²) >= 11 is 0. The molecule has 1 amide bonds. The molecule has 24 heavy (non-hydrogen) atoms. The minimum atomic E-state index is -0.673. The van der Waals surface area contributed by atoms with Crippen molar-refractivity contribution in [3.63, 3.8) is 0 Å². The van der Waals surface area contributed by atoms with E-state index < -0.39 is 11.1 Å². The van der Waals surface area contributed by atoms with Crippen LogP contribution in [0.3, 0.4) is 0 Å². The number of carbonyl (C=O) groups is 1. The van der Waals surface area contributed by atoms with Gasteiger partial charge in [-0.1, -0.05) is 0 Å². The zero-order valence-electron chi connectivity index (χ0n) is 13.7. The molecule has 1 aromatic heterocycles. The number of hydrogen-bond donors (Lipinski definition) is 2. The van der Waals surface area contributed by atoms with E-state index >= 15 is 0 Å². The molecule has 3 rings (SSSR count). The molecule has 1 saturated heterocycles. The van der Waals surface area contributed by atoms with E-state index in [1.807, 2.05) is 0 Å². The van der Waals surface area contributed by atoms with Crippen molar-refractivity contribution in [2.24, 2.45) is 0 Å². The van der Waals surface area contributed by atoms with Gasteiger partial charge < -0.3 is 19.6 Å². The van der Waals surface area contributed by atoms with Gasteiger partial charge >= 0.3 is 11.1 Å². The minimum Gasteiger partial charge on any atom is -0.391 e. The van der Waals surface area contributed by atoms with Gasteiger partial charge in [-0.25, -0.2) is 0 Å². The van der Waals surface area contributed by atoms with Gasteiger partial charge in [0.1, 0.15) is 0 Å². The smallest absolute Gasteiger partial charge is 0.316 e. The third kappa shape index (κ3) is 3.59. The second kappa shape index (κ2) is 7.31. The highest BCUT2D eigenvalue weighted by Gasteiger charge is 2.33. The van der Waals surface area contributed by atoms with Crippen LogP contribution in [0.5, 0.6) is 0 Å². The summed E-state index contributed by atoms with van der Waals surface area (Å²) in [6.07, 6.45) is 5.81. The third-order valence-electron chi connectivity index (χ3n) is 5.07. The summed E-state index contributed by atoms with van der Waals surface area (Å²) < 4.78 is 1.27. The summed E-state index contributed by atoms with van der Waals surface area (Å²) in [5, 5.41) is 9.99. The van der Waals surface area contributed by atoms with Crippen LogP contribution in [0.25, 0.3) is 0 Å². The van der Waals surface area contributed by atoms with Gasteiger partial charge in [0.2, 0.25) is 5.91 Å². The molecule has 2 atom stereocenters. The van der Waals surface area contributed by atoms with Crippen LogP contribution in [-0.2, 0) is 11.3 Å². The summed E-state index contributed by atoms with van der Waals surface area (Å²) in [5.41, 5.74) is -1.31. The number of aromatic amines is 1. The number of carbonyl (C=O) groups excluding carboxylic acids is 1. The van der Waals surface area contributed by atoms with Gasteiger partial charge in [0.05, 0.1) is 6.10 Å². The van der Waals surface area contributed by atoms with Crippen molar-refractivity contribution in [2.45, 2.75) is 44.4 Å². The number of aromatic nitrogens is 2. The average molecular weight is 336 g/mol. The second-order valence-electron chi connectivity index (χ2n) is 6.52. The van der Waals surface area contributed by atoms with Crippen molar-refractivity contribution in [3.05, 3.63) is 33.1 Å². The number of H-pyrrole nitrogens is 1. The van der Waals surface area contributed by atoms with E-state index in [2.05, 4.69) is 9.88 Å². The number of aliphatic hydroxyl groups excluding tert-OH is 1. The van der Waals surface area contributed by atoms with Gasteiger partial charge in [-0.15, -0.1) is 0 Å². The van der Waals surface area contributed by atoms with E-state index in [1.54, 1.807) is 4.90 Å². The van der Waals surface area contributed by atoms with Crippen LogP contribution >= 0.6 is 0 Å². The van der Waals surface area contributed by atoms with E-state index in [0.29, 0.717) is 13.1 Å². The lowest BCUT2D eigenvalue weighted by Gasteiger charge is -2.39. The fourth-order valence-corrected chi connectivity index (χ4v) is 3.66. The molecule has 2 unspecified atom stereocenters. The molecule has 8 nitrogen and oxygen atoms in total. The lowest BCUT2D eigenvalue weighted by atomic mass is 10.1. The third-order valence-corrected chi connectivity index (χ3v) is 5.07. The molecule has 2 fully saturated rings. The Labute approximate surface area is 139 Å². The molecule has 1 aliphatic carbocycles. The minimum absolute atomic E-state index is 0.00574. The van der Waals surface area contributed by atoms with Gasteiger partial charge in [0.25, 0.3) is 0 Å². The van der Waals surface area contributed by atoms with Gasteiger partial charge in [0.15, 0.2) is 0 Å². The molecule has 2 aliphatic rings. The predicted molar refractivity (Wildman–Crippen MR) is 87.7 cm³/mol. The maximum absolute atomic E-state index is 12.3. The Kier molecular flexibility index (Phi) is 5.15. The first-order valence-corrected chi connectivity index (χ1v) is 8.54. The van der Waals surface area contributed by atoms with Crippen LogP contribution < -0.4 is 11.1 Å². The lowest BCUT2D eigenvalue weighted by molar-refractivity contribution is -0.133. The maximum Gasteiger partial charge on any atom is 0.316 e. The highest BCUT2D eigenvalue weighted by atomic mass is 16.3. The zero-order chi connectivity index (χ0) is 17.1. The number of amides is 1. The normalized spacial score (nSPS) is 25.1. The van der Waals surface area contributed by atoms with Gasteiger partial charge in [-0.2, -0.15) is 0 Å². The monoisotopic (exact) mass is 336 g/mol. The number of nitrogens with zero attached hydrogens (tertiary/aromatic N) is 3. The van der Waals surface area contributed by atoms with Crippen LogP contribution in [0.4, 0.5) is 0 Å². The first-order valence-electron chi connectivity index (χ1n) is 8.54. The van der Waals surface area contributed by atoms with Crippen LogP contribution in [0.2, 0.25) is 0 Å². The van der Waals surface area contributed by atoms with Gasteiger partial charge in [-0.3, -0.25) is 19.3 Å². The molecular formula is C16H24N4O4. The van der Waals surface area contributed by atoms with Crippen molar-refractivity contribution in [3.8, 4) is 0 Å². The molecule has 132 valence electrons. The van der Waals surface area contributed by atoms with E-state index in [4.69, 9.17) is 0 Å². The Morgan fingerprint density at radius 2 is 1.96 bits per heavy atom. The molecule has 0 bridgehead atoms. The Bertz CT molecular complexity index is 690. The summed E-state index contributed by atoms with van der Waals surface area (Å²) in [4.78, 5) is 41.6. The summed E-state index contributed by atoms with van der Waals surface area (Å²) in [7, 11) is 0. The number of aliphatic hydroxyl groups is 1. The number of hydrogen-bond acceptors (Lipinski definition) is 5. The fraction of sp³-hybridized carbons (Fsp3) is 0.688. The van der Waals surface area contributed by atoms with E-state index in [-0.39, 0.29) is 31.0 Å². The van der Waals surface area contributed by atoms with Crippen molar-refractivity contribution in [1.29, 1.82) is 0 Å². The standard InChI is InChI=1S/C16H24N4O4/c21-13-3-1-2-12(13)18-8-10-19(11-9-18)14(22)4-6-20-7-5-17-15(23)16(20)24/h5,7,12-13,21H,1-4,6,8-11H2,(H,17,23). The van der Waals surface area contributed by atoms with Crippen LogP contribution in [-0.4, -0.2) is 68.7 Å². The fourth-order valence-electron chi connectivity index (χ4n) is 3.66. The van der Waals surface area contributed by atoms with E-state index in [9.17, 15) is 19.5 Å². The average Bonchev–Trinajstić information content (AvgIpc) is 3.02. The molecule has 0 aromatic carbocycles. The van der Waals surface area contributed by atoms with Crippen molar-refractivity contribution < 1.29 is 9.90 Å². The van der Waals surface area contributed by atoms with E-state index in [1.165, 1.54) is 17.0 Å². The van der Waals surface area contributed by atoms with Crippen molar-refractivity contribution in [1.82, 2.24) is 19.4 Å². The van der Waals surface area contributed by atoms with Crippen LogP contribution in [0, 0.1) is 0 Å². The highest BCUT2D eigenvalue weighted by Crippen LogP contribution is 2.25. The second-order valence-corrected chi connectivity index (χ2v) is 6.52. The lowest BCUT2D eigenvalue weighted by Crippen LogP contribution is -2.53. The summed E-state index contributed by atoms with van der Waals surface area (Å²) in [5.74, 6) is -0.00574. The van der Waals surface area contributed by atoms with Gasteiger partial charge in [-0.05, 0) is 19.3 Å². The topological polar surface area (TPSA) is 98.6 Å². The molecular weight excluding hydrogens is 312 g/mol. The zero-order valence-corrected chi connectivity index (χ0v) is 13.7. The number of rotatable bonds is 4. The molecule has 0 radical (unpaired) electrons. The molecule has 0 spiro atoms. The van der Waals surface area contributed by atoms with Crippen molar-refractivity contribution in [2.75, 3.05) is 26.2 Å². The number of nitrogens with one attached hydrogen (secondary N) is 1. The number of piperazine rings is 1. The Hall–Kier alpha value is -1.93. The molecule has 2 heterocycles. The van der Waals surface area contributed by atoms with Gasteiger partial charge in [0, 0.05) is 57.6 Å². The maximum atomic E-state index is 12.3. The first kappa shape index (κ1) is 16.9. The van der Waals surface area contributed by atoms with E-state index in [0.717, 1.165) is 32.4 Å². The molecule has 1 aromatic rings. The Balaban J connectivity index is 1.49. The summed E-state index contributed by atoms with van der Waals surface area (Å²) in [6.45, 7) is 3.05. The molecule has 2 N–H and O–H groups in total. The van der Waals surface area contributed by atoms with Crippen LogP contribution in [0.15, 0.2) is 22.0 Å². The quantitative estimate of drug-likeness (QED) is 0.686. The molecule has 8 heteroatoms. The largest absolute Gasteiger partial charge is 0.391 e. The Morgan fingerprint density at radius 1 is 1.21 bits per heavy atom. The SMILES string of the molecule is O=C(CCn1cc[nH]c(=O)c1=O)N1CCN(C2CCCC2O)CC1. The molecule has 1 aliphatic heterocycles. The molecule has 1 saturated carbocycles.